The highest BCUT2D eigenvalue weighted by Gasteiger charge is 2.25. The van der Waals surface area contributed by atoms with Crippen molar-refractivity contribution in [2.75, 3.05) is 18.5 Å². The van der Waals surface area contributed by atoms with Gasteiger partial charge in [0.1, 0.15) is 0 Å². The number of nitrogens with one attached hydrogen (secondary N) is 1. The Labute approximate surface area is 150 Å². The van der Waals surface area contributed by atoms with Crippen molar-refractivity contribution >= 4 is 23.1 Å². The summed E-state index contributed by atoms with van der Waals surface area (Å²) in [5.41, 5.74) is 0.705. The van der Waals surface area contributed by atoms with E-state index in [0.29, 0.717) is 17.3 Å². The summed E-state index contributed by atoms with van der Waals surface area (Å²) in [6.45, 7) is 0.164. The Morgan fingerprint density at radius 1 is 1.19 bits per heavy atom. The summed E-state index contributed by atoms with van der Waals surface area (Å²) in [5, 5.41) is 14.2. The van der Waals surface area contributed by atoms with Crippen molar-refractivity contribution in [3.63, 3.8) is 0 Å². The Hall–Kier alpha value is -3.06. The number of carbonyl (C=O) groups is 2. The van der Waals surface area contributed by atoms with Crippen LogP contribution in [-0.2, 0) is 4.79 Å². The molecular formula is C19H19N3O4. The van der Waals surface area contributed by atoms with Crippen LogP contribution in [0.1, 0.15) is 28.8 Å². The van der Waals surface area contributed by atoms with E-state index in [1.165, 1.54) is 23.1 Å². The average Bonchev–Trinajstić information content (AvgIpc) is 3.49. The highest BCUT2D eigenvalue weighted by molar-refractivity contribution is 6.14. The number of nitrogens with zero attached hydrogens (tertiary/aromatic N) is 2. The van der Waals surface area contributed by atoms with Gasteiger partial charge in [0.15, 0.2) is 5.78 Å². The van der Waals surface area contributed by atoms with E-state index in [1.807, 2.05) is 0 Å². The third kappa shape index (κ3) is 3.94. The summed E-state index contributed by atoms with van der Waals surface area (Å²) in [6, 6.07) is 12.9. The van der Waals surface area contributed by atoms with Gasteiger partial charge in [-0.3, -0.25) is 19.7 Å². The second kappa shape index (κ2) is 7.45. The van der Waals surface area contributed by atoms with E-state index < -0.39 is 4.92 Å². The van der Waals surface area contributed by atoms with Crippen LogP contribution in [0.2, 0.25) is 0 Å². The molecule has 1 N–H and O–H groups in total. The van der Waals surface area contributed by atoms with Gasteiger partial charge in [-0.05, 0) is 18.9 Å². The third-order valence-corrected chi connectivity index (χ3v) is 4.33. The number of hydrogen-bond acceptors (Lipinski definition) is 5. The highest BCUT2D eigenvalue weighted by atomic mass is 16.6. The molecule has 7 nitrogen and oxygen atoms in total. The van der Waals surface area contributed by atoms with Crippen molar-refractivity contribution in [3.05, 3.63) is 69.8 Å². The predicted molar refractivity (Wildman–Crippen MR) is 97.4 cm³/mol. The summed E-state index contributed by atoms with van der Waals surface area (Å²) in [6.07, 6.45) is 2.12. The molecule has 1 aliphatic rings. The SMILES string of the molecule is CN(C(=O)CNC1CC1)c1ccc([N+](=O)[O-])cc1C(=O)c1ccccc1. The molecule has 1 fully saturated rings. The number of nitro groups is 1. The van der Waals surface area contributed by atoms with E-state index in [9.17, 15) is 19.7 Å². The zero-order valence-corrected chi connectivity index (χ0v) is 14.3. The first kappa shape index (κ1) is 17.8. The van der Waals surface area contributed by atoms with E-state index in [1.54, 1.807) is 37.4 Å². The van der Waals surface area contributed by atoms with Crippen LogP contribution in [0.4, 0.5) is 11.4 Å². The van der Waals surface area contributed by atoms with Gasteiger partial charge in [0, 0.05) is 30.8 Å². The minimum atomic E-state index is -0.554. The summed E-state index contributed by atoms with van der Waals surface area (Å²) in [5.74, 6) is -0.563. The molecular weight excluding hydrogens is 334 g/mol. The Bertz CT molecular complexity index is 847. The summed E-state index contributed by atoms with van der Waals surface area (Å²) in [4.78, 5) is 37.2. The first-order chi connectivity index (χ1) is 12.5. The number of amides is 1. The van der Waals surface area contributed by atoms with Gasteiger partial charge >= 0.3 is 0 Å². The molecule has 0 bridgehead atoms. The maximum atomic E-state index is 12.9. The van der Waals surface area contributed by atoms with Crippen LogP contribution in [0, 0.1) is 10.1 Å². The maximum absolute atomic E-state index is 12.9. The smallest absolute Gasteiger partial charge is 0.270 e. The minimum Gasteiger partial charge on any atom is -0.314 e. The molecule has 0 aliphatic heterocycles. The second-order valence-electron chi connectivity index (χ2n) is 6.26. The molecule has 2 aromatic carbocycles. The topological polar surface area (TPSA) is 92.6 Å². The fraction of sp³-hybridized carbons (Fsp3) is 0.263. The molecule has 1 saturated carbocycles. The van der Waals surface area contributed by atoms with Gasteiger partial charge in [0.25, 0.3) is 5.69 Å². The third-order valence-electron chi connectivity index (χ3n) is 4.33. The van der Waals surface area contributed by atoms with E-state index in [0.717, 1.165) is 12.8 Å². The van der Waals surface area contributed by atoms with Gasteiger partial charge in [0.05, 0.1) is 22.7 Å². The molecule has 0 unspecified atom stereocenters. The van der Waals surface area contributed by atoms with Crippen molar-refractivity contribution in [2.45, 2.75) is 18.9 Å². The largest absolute Gasteiger partial charge is 0.314 e. The standard InChI is InChI=1S/C19H19N3O4/c1-21(18(23)12-20-14-7-8-14)17-10-9-15(22(25)26)11-16(17)19(24)13-5-3-2-4-6-13/h2-6,9-11,14,20H,7-8,12H2,1H3. The van der Waals surface area contributed by atoms with Crippen molar-refractivity contribution in [1.29, 1.82) is 0 Å². The summed E-state index contributed by atoms with van der Waals surface area (Å²) in [7, 11) is 1.57. The van der Waals surface area contributed by atoms with E-state index >= 15 is 0 Å². The number of nitro benzene ring substituents is 1. The van der Waals surface area contributed by atoms with Gasteiger partial charge in [-0.15, -0.1) is 0 Å². The molecule has 0 heterocycles. The molecule has 0 radical (unpaired) electrons. The minimum absolute atomic E-state index is 0.132. The number of likely N-dealkylation sites (N-methyl/N-ethyl adjacent to an activating group) is 1. The Morgan fingerprint density at radius 2 is 1.88 bits per heavy atom. The fourth-order valence-electron chi connectivity index (χ4n) is 2.63. The monoisotopic (exact) mass is 353 g/mol. The Morgan fingerprint density at radius 3 is 2.50 bits per heavy atom. The lowest BCUT2D eigenvalue weighted by Crippen LogP contribution is -2.37. The van der Waals surface area contributed by atoms with Crippen LogP contribution in [0.15, 0.2) is 48.5 Å². The Kier molecular flexibility index (Phi) is 5.09. The van der Waals surface area contributed by atoms with E-state index in [4.69, 9.17) is 0 Å². The molecule has 3 rings (SSSR count). The quantitative estimate of drug-likeness (QED) is 0.469. The van der Waals surface area contributed by atoms with E-state index in [2.05, 4.69) is 5.32 Å². The molecule has 7 heteroatoms. The molecule has 2 aromatic rings. The molecule has 134 valence electrons. The van der Waals surface area contributed by atoms with Crippen molar-refractivity contribution in [3.8, 4) is 0 Å². The van der Waals surface area contributed by atoms with Crippen LogP contribution >= 0.6 is 0 Å². The zero-order chi connectivity index (χ0) is 18.7. The number of benzene rings is 2. The van der Waals surface area contributed by atoms with Crippen molar-refractivity contribution in [2.24, 2.45) is 0 Å². The normalized spacial score (nSPS) is 13.3. The van der Waals surface area contributed by atoms with Crippen LogP contribution < -0.4 is 10.2 Å². The van der Waals surface area contributed by atoms with Gasteiger partial charge < -0.3 is 10.2 Å². The van der Waals surface area contributed by atoms with Gasteiger partial charge in [-0.2, -0.15) is 0 Å². The second-order valence-corrected chi connectivity index (χ2v) is 6.26. The maximum Gasteiger partial charge on any atom is 0.270 e. The summed E-state index contributed by atoms with van der Waals surface area (Å²) >= 11 is 0. The van der Waals surface area contributed by atoms with E-state index in [-0.39, 0.29) is 29.5 Å². The molecule has 0 aromatic heterocycles. The zero-order valence-electron chi connectivity index (χ0n) is 14.3. The van der Waals surface area contributed by atoms with Crippen LogP contribution in [0.3, 0.4) is 0 Å². The lowest BCUT2D eigenvalue weighted by Gasteiger charge is -2.20. The molecule has 0 atom stereocenters. The first-order valence-corrected chi connectivity index (χ1v) is 8.35. The van der Waals surface area contributed by atoms with Crippen LogP contribution in [0.5, 0.6) is 0 Å². The number of rotatable bonds is 7. The van der Waals surface area contributed by atoms with Crippen molar-refractivity contribution < 1.29 is 14.5 Å². The number of non-ortho nitro benzene ring substituents is 1. The summed E-state index contributed by atoms with van der Waals surface area (Å²) < 4.78 is 0. The molecule has 26 heavy (non-hydrogen) atoms. The van der Waals surface area contributed by atoms with Crippen LogP contribution in [0.25, 0.3) is 0 Å². The van der Waals surface area contributed by atoms with Crippen LogP contribution in [-0.4, -0.2) is 36.2 Å². The van der Waals surface area contributed by atoms with Crippen molar-refractivity contribution in [1.82, 2.24) is 5.32 Å². The fourth-order valence-corrected chi connectivity index (χ4v) is 2.63. The predicted octanol–water partition coefficient (Wildman–Crippen LogP) is 2.54. The van der Waals surface area contributed by atoms with Gasteiger partial charge in [-0.1, -0.05) is 30.3 Å². The van der Waals surface area contributed by atoms with Gasteiger partial charge in [0.2, 0.25) is 5.91 Å². The lowest BCUT2D eigenvalue weighted by molar-refractivity contribution is -0.384. The highest BCUT2D eigenvalue weighted by Crippen LogP contribution is 2.27. The number of carbonyl (C=O) groups excluding carboxylic acids is 2. The number of ketones is 1. The molecule has 1 amide bonds. The first-order valence-electron chi connectivity index (χ1n) is 8.35. The molecule has 0 saturated heterocycles. The average molecular weight is 353 g/mol. The molecule has 1 aliphatic carbocycles. The number of hydrogen-bond donors (Lipinski definition) is 1. The molecule has 0 spiro atoms. The Balaban J connectivity index is 1.94. The lowest BCUT2D eigenvalue weighted by atomic mass is 10.0. The van der Waals surface area contributed by atoms with Gasteiger partial charge in [-0.25, -0.2) is 0 Å². The number of anilines is 1.